The zero-order valence-electron chi connectivity index (χ0n) is 16.1. The Kier molecular flexibility index (Phi) is 6.35. The molecule has 0 saturated heterocycles. The summed E-state index contributed by atoms with van der Waals surface area (Å²) in [6.07, 6.45) is 5.76. The Balaban J connectivity index is 1.84. The molecule has 0 fully saturated rings. The maximum absolute atomic E-state index is 12.5. The van der Waals surface area contributed by atoms with E-state index in [1.807, 2.05) is 41.1 Å². The van der Waals surface area contributed by atoms with Gasteiger partial charge in [0.2, 0.25) is 0 Å². The van der Waals surface area contributed by atoms with Crippen LogP contribution in [0.1, 0.15) is 50.7 Å². The molecule has 1 aromatic carbocycles. The zero-order chi connectivity index (χ0) is 18.5. The van der Waals surface area contributed by atoms with E-state index < -0.39 is 8.32 Å². The molecule has 0 N–H and O–H groups in total. The maximum atomic E-state index is 12.5. The first kappa shape index (κ1) is 19.6. The number of benzene rings is 1. The lowest BCUT2D eigenvalue weighted by Gasteiger charge is -2.36. The van der Waals surface area contributed by atoms with Crippen molar-refractivity contribution in [3.05, 3.63) is 48.5 Å². The number of hydrogen-bond acceptors (Lipinski definition) is 3. The zero-order valence-corrected chi connectivity index (χ0v) is 17.1. The highest BCUT2D eigenvalue weighted by Crippen LogP contribution is 2.36. The van der Waals surface area contributed by atoms with E-state index in [-0.39, 0.29) is 10.8 Å². The minimum absolute atomic E-state index is 0.0844. The fraction of sp³-hybridized carbons (Fsp3) is 0.500. The van der Waals surface area contributed by atoms with Crippen LogP contribution in [0.4, 0.5) is 0 Å². The van der Waals surface area contributed by atoms with Gasteiger partial charge in [0.05, 0.1) is 0 Å². The van der Waals surface area contributed by atoms with Crippen LogP contribution in [0.2, 0.25) is 18.1 Å². The molecule has 2 aromatic rings. The van der Waals surface area contributed by atoms with Crippen LogP contribution in [0, 0.1) is 0 Å². The number of para-hydroxylation sites is 1. The number of ketones is 1. The third kappa shape index (κ3) is 5.12. The van der Waals surface area contributed by atoms with Crippen molar-refractivity contribution in [2.24, 2.45) is 0 Å². The fourth-order valence-corrected chi connectivity index (χ4v) is 3.44. The minimum atomic E-state index is -1.69. The second-order valence-electron chi connectivity index (χ2n) is 7.95. The van der Waals surface area contributed by atoms with Crippen molar-refractivity contribution in [1.82, 2.24) is 9.55 Å². The molecule has 1 aromatic heterocycles. The second kappa shape index (κ2) is 8.10. The Labute approximate surface area is 152 Å². The average molecular weight is 359 g/mol. The summed E-state index contributed by atoms with van der Waals surface area (Å²) in [4.78, 5) is 16.8. The summed E-state index contributed by atoms with van der Waals surface area (Å²) in [7, 11) is -1.69. The van der Waals surface area contributed by atoms with E-state index in [1.54, 1.807) is 6.20 Å². The van der Waals surface area contributed by atoms with Crippen LogP contribution in [-0.4, -0.2) is 30.3 Å². The van der Waals surface area contributed by atoms with E-state index in [0.29, 0.717) is 12.2 Å². The molecule has 136 valence electrons. The van der Waals surface area contributed by atoms with Gasteiger partial charge in [0.1, 0.15) is 0 Å². The Morgan fingerprint density at radius 2 is 1.84 bits per heavy atom. The number of unbranched alkanes of at least 4 members (excludes halogenated alkanes) is 1. The van der Waals surface area contributed by atoms with E-state index >= 15 is 0 Å². The minimum Gasteiger partial charge on any atom is -0.417 e. The summed E-state index contributed by atoms with van der Waals surface area (Å²) in [6, 6.07) is 9.84. The van der Waals surface area contributed by atoms with Gasteiger partial charge in [0.15, 0.2) is 19.9 Å². The number of Topliss-reactive ketones (excluding diaryl/α,β-unsaturated/α-hetero) is 1. The van der Waals surface area contributed by atoms with Gasteiger partial charge in [-0.1, -0.05) is 39.0 Å². The van der Waals surface area contributed by atoms with Crippen LogP contribution < -0.4 is 0 Å². The molecule has 0 radical (unpaired) electrons. The number of nitrogens with zero attached hydrogens (tertiary/aromatic N) is 2. The molecule has 0 amide bonds. The SMILES string of the molecule is CC(C)(C)[Si](C)(C)OCCCCC(=O)c1nccn1-c1ccccc1. The first-order chi connectivity index (χ1) is 11.7. The molecule has 0 bridgehead atoms. The molecule has 0 atom stereocenters. The highest BCUT2D eigenvalue weighted by Gasteiger charge is 2.36. The van der Waals surface area contributed by atoms with Crippen molar-refractivity contribution in [2.45, 2.75) is 58.2 Å². The fourth-order valence-electron chi connectivity index (χ4n) is 2.35. The molecule has 1 heterocycles. The van der Waals surface area contributed by atoms with Crippen LogP contribution in [0.25, 0.3) is 5.69 Å². The third-order valence-corrected chi connectivity index (χ3v) is 9.53. The van der Waals surface area contributed by atoms with Crippen molar-refractivity contribution in [3.63, 3.8) is 0 Å². The average Bonchev–Trinajstić information content (AvgIpc) is 3.03. The summed E-state index contributed by atoms with van der Waals surface area (Å²) in [5.74, 6) is 0.595. The molecular weight excluding hydrogens is 328 g/mol. The molecule has 2 rings (SSSR count). The van der Waals surface area contributed by atoms with Gasteiger partial charge in [-0.05, 0) is 43.1 Å². The van der Waals surface area contributed by atoms with Gasteiger partial charge >= 0.3 is 0 Å². The molecular formula is C20H30N2O2Si. The van der Waals surface area contributed by atoms with Crippen molar-refractivity contribution in [2.75, 3.05) is 6.61 Å². The van der Waals surface area contributed by atoms with Gasteiger partial charge in [-0.15, -0.1) is 0 Å². The number of carbonyl (C=O) groups excluding carboxylic acids is 1. The summed E-state index contributed by atoms with van der Waals surface area (Å²) >= 11 is 0. The van der Waals surface area contributed by atoms with Gasteiger partial charge in [-0.25, -0.2) is 4.98 Å². The van der Waals surface area contributed by atoms with Crippen LogP contribution in [-0.2, 0) is 4.43 Å². The first-order valence-corrected chi connectivity index (χ1v) is 11.9. The van der Waals surface area contributed by atoms with Crippen LogP contribution in [0.15, 0.2) is 42.7 Å². The standard InChI is InChI=1S/C20H30N2O2Si/c1-20(2,3)25(4,5)24-16-10-9-13-18(23)19-21-14-15-22(19)17-11-7-6-8-12-17/h6-8,11-12,14-15H,9-10,13,16H2,1-5H3. The molecule has 0 unspecified atom stereocenters. The summed E-state index contributed by atoms with van der Waals surface area (Å²) < 4.78 is 8.02. The molecule has 4 nitrogen and oxygen atoms in total. The number of hydrogen-bond donors (Lipinski definition) is 0. The number of rotatable bonds is 8. The monoisotopic (exact) mass is 358 g/mol. The maximum Gasteiger partial charge on any atom is 0.198 e. The van der Waals surface area contributed by atoms with Crippen molar-refractivity contribution in [3.8, 4) is 5.69 Å². The van der Waals surface area contributed by atoms with Crippen molar-refractivity contribution in [1.29, 1.82) is 0 Å². The lowest BCUT2D eigenvalue weighted by Crippen LogP contribution is -2.40. The van der Waals surface area contributed by atoms with Crippen LogP contribution >= 0.6 is 0 Å². The van der Waals surface area contributed by atoms with E-state index in [0.717, 1.165) is 25.1 Å². The Morgan fingerprint density at radius 3 is 2.48 bits per heavy atom. The largest absolute Gasteiger partial charge is 0.417 e. The molecule has 25 heavy (non-hydrogen) atoms. The quantitative estimate of drug-likeness (QED) is 0.368. The van der Waals surface area contributed by atoms with Crippen LogP contribution in [0.5, 0.6) is 0 Å². The van der Waals surface area contributed by atoms with Gasteiger partial charge in [0, 0.05) is 31.1 Å². The van der Waals surface area contributed by atoms with Crippen molar-refractivity contribution >= 4 is 14.1 Å². The Bertz CT molecular complexity index is 687. The Hall–Kier alpha value is -1.72. The third-order valence-electron chi connectivity index (χ3n) is 4.99. The molecule has 5 heteroatoms. The molecule has 0 aliphatic rings. The number of imidazole rings is 1. The van der Waals surface area contributed by atoms with Gasteiger partial charge in [-0.2, -0.15) is 0 Å². The highest BCUT2D eigenvalue weighted by molar-refractivity contribution is 6.74. The predicted octanol–water partition coefficient (Wildman–Crippen LogP) is 5.25. The number of aromatic nitrogens is 2. The van der Waals surface area contributed by atoms with E-state index in [9.17, 15) is 4.79 Å². The molecule has 0 aliphatic carbocycles. The lowest BCUT2D eigenvalue weighted by atomic mass is 10.1. The van der Waals surface area contributed by atoms with Crippen LogP contribution in [0.3, 0.4) is 0 Å². The van der Waals surface area contributed by atoms with E-state index in [4.69, 9.17) is 4.43 Å². The Morgan fingerprint density at radius 1 is 1.16 bits per heavy atom. The van der Waals surface area contributed by atoms with E-state index in [2.05, 4.69) is 38.8 Å². The molecule has 0 aliphatic heterocycles. The lowest BCUT2D eigenvalue weighted by molar-refractivity contribution is 0.0966. The predicted molar refractivity (Wildman–Crippen MR) is 105 cm³/mol. The first-order valence-electron chi connectivity index (χ1n) is 8.98. The van der Waals surface area contributed by atoms with E-state index in [1.165, 1.54) is 0 Å². The summed E-state index contributed by atoms with van der Waals surface area (Å²) in [6.45, 7) is 12.0. The van der Waals surface area contributed by atoms with Gasteiger partial charge < -0.3 is 4.43 Å². The molecule has 0 spiro atoms. The number of carbonyl (C=O) groups is 1. The smallest absolute Gasteiger partial charge is 0.198 e. The molecule has 0 saturated carbocycles. The van der Waals surface area contributed by atoms with Crippen molar-refractivity contribution < 1.29 is 9.22 Å². The highest BCUT2D eigenvalue weighted by atomic mass is 28.4. The normalized spacial score (nSPS) is 12.4. The van der Waals surface area contributed by atoms with Gasteiger partial charge in [-0.3, -0.25) is 9.36 Å². The summed E-state index contributed by atoms with van der Waals surface area (Å²) in [5, 5.41) is 0.225. The second-order valence-corrected chi connectivity index (χ2v) is 12.8. The topological polar surface area (TPSA) is 44.1 Å². The summed E-state index contributed by atoms with van der Waals surface area (Å²) in [5.41, 5.74) is 0.963. The van der Waals surface area contributed by atoms with Gasteiger partial charge in [0.25, 0.3) is 0 Å².